The molecule has 1 rings (SSSR count). The first-order chi connectivity index (χ1) is 8.67. The van der Waals surface area contributed by atoms with Gasteiger partial charge in [-0.25, -0.2) is 0 Å². The van der Waals surface area contributed by atoms with Crippen LogP contribution in [-0.2, 0) is 15.6 Å². The molecular formula is C13H16N2O2S. The van der Waals surface area contributed by atoms with Gasteiger partial charge in [-0.15, -0.1) is 0 Å². The molecule has 0 heterocycles. The maximum atomic E-state index is 11.6. The normalized spacial score (nSPS) is 11.6. The third-order valence-corrected chi connectivity index (χ3v) is 3.81. The fourth-order valence-electron chi connectivity index (χ4n) is 1.44. The van der Waals surface area contributed by atoms with Crippen LogP contribution in [0.5, 0.6) is 0 Å². The summed E-state index contributed by atoms with van der Waals surface area (Å²) >= 11 is 0. The van der Waals surface area contributed by atoms with Crippen LogP contribution in [0.2, 0.25) is 0 Å². The van der Waals surface area contributed by atoms with Crippen molar-refractivity contribution in [3.8, 4) is 6.07 Å². The Morgan fingerprint density at radius 1 is 1.44 bits per heavy atom. The van der Waals surface area contributed by atoms with Crippen LogP contribution in [-0.4, -0.2) is 21.6 Å². The molecule has 0 spiro atoms. The van der Waals surface area contributed by atoms with Gasteiger partial charge in [-0.1, -0.05) is 19.1 Å². The molecule has 1 N–H and O–H groups in total. The summed E-state index contributed by atoms with van der Waals surface area (Å²) in [5, 5.41) is 11.6. The topological polar surface area (TPSA) is 70.0 Å². The molecule has 0 aliphatic heterocycles. The minimum atomic E-state index is -0.828. The van der Waals surface area contributed by atoms with Gasteiger partial charge in [-0.2, -0.15) is 5.26 Å². The fraction of sp³-hybridized carbons (Fsp3) is 0.385. The molecule has 1 aromatic carbocycles. The lowest BCUT2D eigenvalue weighted by molar-refractivity contribution is -0.116. The van der Waals surface area contributed by atoms with E-state index in [1.165, 1.54) is 0 Å². The lowest BCUT2D eigenvalue weighted by atomic mass is 10.2. The van der Waals surface area contributed by atoms with Crippen LogP contribution in [0.4, 0.5) is 5.69 Å². The van der Waals surface area contributed by atoms with E-state index in [1.807, 2.05) is 13.0 Å². The van der Waals surface area contributed by atoms with Gasteiger partial charge in [-0.3, -0.25) is 9.00 Å². The zero-order valence-electron chi connectivity index (χ0n) is 10.3. The first-order valence-corrected chi connectivity index (χ1v) is 7.30. The maximum Gasteiger partial charge on any atom is 0.224 e. The average Bonchev–Trinajstić information content (AvgIpc) is 2.39. The number of amides is 1. The number of nitrogens with zero attached hydrogens (tertiary/aromatic N) is 1. The lowest BCUT2D eigenvalue weighted by Gasteiger charge is -2.06. The van der Waals surface area contributed by atoms with Crippen molar-refractivity contribution in [2.45, 2.75) is 19.8 Å². The van der Waals surface area contributed by atoms with E-state index in [0.29, 0.717) is 35.6 Å². The van der Waals surface area contributed by atoms with Crippen molar-refractivity contribution in [1.29, 1.82) is 5.26 Å². The van der Waals surface area contributed by atoms with Crippen molar-refractivity contribution in [3.63, 3.8) is 0 Å². The molecule has 18 heavy (non-hydrogen) atoms. The minimum Gasteiger partial charge on any atom is -0.325 e. The molecule has 5 heteroatoms. The number of carbonyl (C=O) groups is 1. The maximum absolute atomic E-state index is 11.6. The molecule has 0 bridgehead atoms. The van der Waals surface area contributed by atoms with Crippen LogP contribution >= 0.6 is 0 Å². The lowest BCUT2D eigenvalue weighted by Crippen LogP contribution is -2.13. The number of anilines is 1. The number of rotatable bonds is 6. The number of para-hydroxylation sites is 1. The van der Waals surface area contributed by atoms with Gasteiger partial charge in [0, 0.05) is 28.7 Å². The first kappa shape index (κ1) is 14.4. The molecule has 0 radical (unpaired) electrons. The smallest absolute Gasteiger partial charge is 0.224 e. The van der Waals surface area contributed by atoms with Gasteiger partial charge in [-0.05, 0) is 18.6 Å². The van der Waals surface area contributed by atoms with Crippen molar-refractivity contribution in [3.05, 3.63) is 29.8 Å². The van der Waals surface area contributed by atoms with Crippen LogP contribution < -0.4 is 5.32 Å². The monoisotopic (exact) mass is 264 g/mol. The molecule has 0 aromatic heterocycles. The largest absolute Gasteiger partial charge is 0.325 e. The highest BCUT2D eigenvalue weighted by Gasteiger charge is 2.06. The summed E-state index contributed by atoms with van der Waals surface area (Å²) in [7, 11) is -0.828. The Bertz CT molecular complexity index is 480. The predicted molar refractivity (Wildman–Crippen MR) is 72.6 cm³/mol. The Hall–Kier alpha value is -1.67. The standard InChI is InChI=1S/C13H16N2O2S/c1-2-18(17)9-5-8-13(16)15-12-7-4-3-6-11(12)10-14/h3-4,6-7H,2,5,8-9H2,1H3,(H,15,16). The van der Waals surface area contributed by atoms with Gasteiger partial charge < -0.3 is 5.32 Å². The molecule has 1 amide bonds. The van der Waals surface area contributed by atoms with Crippen molar-refractivity contribution in [2.24, 2.45) is 0 Å². The summed E-state index contributed by atoms with van der Waals surface area (Å²) in [6.07, 6.45) is 0.923. The second-order valence-electron chi connectivity index (χ2n) is 3.74. The summed E-state index contributed by atoms with van der Waals surface area (Å²) in [5.74, 6) is 1.02. The number of nitriles is 1. The Morgan fingerprint density at radius 3 is 2.83 bits per heavy atom. The molecule has 96 valence electrons. The molecule has 0 aliphatic rings. The fourth-order valence-corrected chi connectivity index (χ4v) is 2.20. The van der Waals surface area contributed by atoms with Crippen molar-refractivity contribution >= 4 is 22.4 Å². The number of carbonyl (C=O) groups excluding carboxylic acids is 1. The van der Waals surface area contributed by atoms with Crippen LogP contribution in [0.25, 0.3) is 0 Å². The first-order valence-electron chi connectivity index (χ1n) is 5.81. The molecule has 0 saturated carbocycles. The van der Waals surface area contributed by atoms with E-state index in [4.69, 9.17) is 5.26 Å². The Labute approximate surface area is 109 Å². The van der Waals surface area contributed by atoms with Gasteiger partial charge >= 0.3 is 0 Å². The number of benzene rings is 1. The van der Waals surface area contributed by atoms with Crippen molar-refractivity contribution in [2.75, 3.05) is 16.8 Å². The zero-order valence-corrected chi connectivity index (χ0v) is 11.1. The number of nitrogens with one attached hydrogen (secondary N) is 1. The highest BCUT2D eigenvalue weighted by Crippen LogP contribution is 2.13. The third kappa shape index (κ3) is 4.68. The highest BCUT2D eigenvalue weighted by molar-refractivity contribution is 7.84. The van der Waals surface area contributed by atoms with Crippen LogP contribution in [0, 0.1) is 11.3 Å². The molecular weight excluding hydrogens is 248 g/mol. The van der Waals surface area contributed by atoms with E-state index in [1.54, 1.807) is 24.3 Å². The van der Waals surface area contributed by atoms with Crippen molar-refractivity contribution in [1.82, 2.24) is 0 Å². The Morgan fingerprint density at radius 2 is 2.17 bits per heavy atom. The summed E-state index contributed by atoms with van der Waals surface area (Å²) in [6.45, 7) is 1.86. The van der Waals surface area contributed by atoms with E-state index in [0.717, 1.165) is 0 Å². The Balaban J connectivity index is 2.45. The molecule has 1 aromatic rings. The average molecular weight is 264 g/mol. The quantitative estimate of drug-likeness (QED) is 0.854. The highest BCUT2D eigenvalue weighted by atomic mass is 32.2. The molecule has 0 fully saturated rings. The predicted octanol–water partition coefficient (Wildman–Crippen LogP) is 2.05. The number of hydrogen-bond acceptors (Lipinski definition) is 3. The van der Waals surface area contributed by atoms with Gasteiger partial charge in [0.1, 0.15) is 6.07 Å². The minimum absolute atomic E-state index is 0.147. The van der Waals surface area contributed by atoms with Crippen molar-refractivity contribution < 1.29 is 9.00 Å². The van der Waals surface area contributed by atoms with E-state index in [-0.39, 0.29) is 5.91 Å². The van der Waals surface area contributed by atoms with Gasteiger partial charge in [0.05, 0.1) is 11.3 Å². The Kier molecular flexibility index (Phi) is 6.09. The third-order valence-electron chi connectivity index (χ3n) is 2.42. The van der Waals surface area contributed by atoms with E-state index >= 15 is 0 Å². The molecule has 0 aliphatic carbocycles. The summed E-state index contributed by atoms with van der Waals surface area (Å²) in [5.41, 5.74) is 0.976. The SMILES string of the molecule is CCS(=O)CCCC(=O)Nc1ccccc1C#N. The second kappa shape index (κ2) is 7.62. The van der Waals surface area contributed by atoms with E-state index in [2.05, 4.69) is 5.32 Å². The zero-order chi connectivity index (χ0) is 13.4. The van der Waals surface area contributed by atoms with Gasteiger partial charge in [0.15, 0.2) is 0 Å². The summed E-state index contributed by atoms with van der Waals surface area (Å²) in [6, 6.07) is 8.89. The number of hydrogen-bond donors (Lipinski definition) is 1. The van der Waals surface area contributed by atoms with Crippen LogP contribution in [0.1, 0.15) is 25.3 Å². The molecule has 1 unspecified atom stereocenters. The molecule has 1 atom stereocenters. The molecule has 4 nitrogen and oxygen atoms in total. The van der Waals surface area contributed by atoms with Crippen LogP contribution in [0.3, 0.4) is 0 Å². The summed E-state index contributed by atoms with van der Waals surface area (Å²) in [4.78, 5) is 11.6. The summed E-state index contributed by atoms with van der Waals surface area (Å²) < 4.78 is 11.2. The molecule has 0 saturated heterocycles. The van der Waals surface area contributed by atoms with Gasteiger partial charge in [0.25, 0.3) is 0 Å². The van der Waals surface area contributed by atoms with Gasteiger partial charge in [0.2, 0.25) is 5.91 Å². The van der Waals surface area contributed by atoms with E-state index in [9.17, 15) is 9.00 Å². The van der Waals surface area contributed by atoms with E-state index < -0.39 is 10.8 Å². The second-order valence-corrected chi connectivity index (χ2v) is 5.61. The van der Waals surface area contributed by atoms with Crippen LogP contribution in [0.15, 0.2) is 24.3 Å².